The Labute approximate surface area is 71.8 Å². The van der Waals surface area contributed by atoms with E-state index in [2.05, 4.69) is 15.3 Å². The van der Waals surface area contributed by atoms with Crippen LogP contribution in [0.3, 0.4) is 0 Å². The van der Waals surface area contributed by atoms with Crippen molar-refractivity contribution in [3.63, 3.8) is 0 Å². The molecule has 13 heavy (non-hydrogen) atoms. The number of nitrogens with zero attached hydrogens (tertiary/aromatic N) is 4. The molecule has 7 heteroatoms. The molecule has 0 aliphatic rings. The molecule has 0 atom stereocenters. The van der Waals surface area contributed by atoms with Gasteiger partial charge < -0.3 is 10.8 Å². The summed E-state index contributed by atoms with van der Waals surface area (Å²) in [7, 11) is 0. The standard InChI is InChI=1S/C6H5N5O2/c7-3-1-2-4-8-9-5(6(12)13)11(4)10-3/h1-2H,(H2,7,10)(H,12,13). The molecular weight excluding hydrogens is 174 g/mol. The molecule has 2 aromatic rings. The second kappa shape index (κ2) is 2.41. The monoisotopic (exact) mass is 179 g/mol. The molecule has 0 unspecified atom stereocenters. The van der Waals surface area contributed by atoms with Gasteiger partial charge in [0.1, 0.15) is 5.82 Å². The van der Waals surface area contributed by atoms with Gasteiger partial charge in [0, 0.05) is 0 Å². The van der Waals surface area contributed by atoms with Crippen molar-refractivity contribution >= 4 is 17.4 Å². The Hall–Kier alpha value is -2.18. The number of nitrogen functional groups attached to an aromatic ring is 1. The van der Waals surface area contributed by atoms with Gasteiger partial charge in [-0.2, -0.15) is 4.52 Å². The normalized spacial score (nSPS) is 10.5. The second-order valence-corrected chi connectivity index (χ2v) is 2.36. The van der Waals surface area contributed by atoms with E-state index in [0.717, 1.165) is 4.52 Å². The fourth-order valence-corrected chi connectivity index (χ4v) is 0.936. The summed E-state index contributed by atoms with van der Waals surface area (Å²) in [6.45, 7) is 0. The van der Waals surface area contributed by atoms with Gasteiger partial charge in [-0.25, -0.2) is 4.79 Å². The minimum atomic E-state index is -1.19. The molecular formula is C6H5N5O2. The van der Waals surface area contributed by atoms with Crippen LogP contribution in [0.4, 0.5) is 5.82 Å². The number of aromatic nitrogens is 4. The molecule has 0 spiro atoms. The molecule has 0 saturated heterocycles. The van der Waals surface area contributed by atoms with Crippen molar-refractivity contribution in [3.8, 4) is 0 Å². The average molecular weight is 179 g/mol. The summed E-state index contributed by atoms with van der Waals surface area (Å²) in [5.41, 5.74) is 5.72. The van der Waals surface area contributed by atoms with E-state index < -0.39 is 5.97 Å². The van der Waals surface area contributed by atoms with Crippen LogP contribution in [0.1, 0.15) is 10.6 Å². The molecule has 0 aliphatic heterocycles. The first kappa shape index (κ1) is 7.47. The van der Waals surface area contributed by atoms with Gasteiger partial charge in [-0.15, -0.1) is 15.3 Å². The number of fused-ring (bicyclic) bond motifs is 1. The van der Waals surface area contributed by atoms with E-state index >= 15 is 0 Å². The highest BCUT2D eigenvalue weighted by molar-refractivity contribution is 5.84. The Bertz CT molecular complexity index is 477. The van der Waals surface area contributed by atoms with E-state index in [-0.39, 0.29) is 11.6 Å². The SMILES string of the molecule is Nc1ccc2nnc(C(=O)O)n2n1. The number of hydrogen-bond acceptors (Lipinski definition) is 5. The summed E-state index contributed by atoms with van der Waals surface area (Å²) >= 11 is 0. The van der Waals surface area contributed by atoms with E-state index in [4.69, 9.17) is 10.8 Å². The zero-order valence-electron chi connectivity index (χ0n) is 6.38. The summed E-state index contributed by atoms with van der Waals surface area (Å²) in [4.78, 5) is 10.6. The van der Waals surface area contributed by atoms with E-state index in [1.807, 2.05) is 0 Å². The molecule has 0 bridgehead atoms. The third-order valence-corrected chi connectivity index (χ3v) is 1.47. The van der Waals surface area contributed by atoms with Gasteiger partial charge in [-0.3, -0.25) is 0 Å². The van der Waals surface area contributed by atoms with Gasteiger partial charge in [-0.05, 0) is 12.1 Å². The van der Waals surface area contributed by atoms with Crippen LogP contribution in [0.15, 0.2) is 12.1 Å². The minimum Gasteiger partial charge on any atom is -0.475 e. The van der Waals surface area contributed by atoms with E-state index in [9.17, 15) is 4.79 Å². The van der Waals surface area contributed by atoms with Gasteiger partial charge in [0.05, 0.1) is 0 Å². The lowest BCUT2D eigenvalue weighted by molar-refractivity contribution is 0.0680. The fraction of sp³-hybridized carbons (Fsp3) is 0. The van der Waals surface area contributed by atoms with Gasteiger partial charge in [0.2, 0.25) is 0 Å². The third-order valence-electron chi connectivity index (χ3n) is 1.47. The minimum absolute atomic E-state index is 0.217. The number of nitrogens with two attached hydrogens (primary N) is 1. The molecule has 0 amide bonds. The molecule has 2 heterocycles. The highest BCUT2D eigenvalue weighted by Gasteiger charge is 2.13. The maximum atomic E-state index is 10.6. The molecule has 0 aromatic carbocycles. The molecule has 2 aromatic heterocycles. The van der Waals surface area contributed by atoms with Crippen LogP contribution < -0.4 is 5.73 Å². The molecule has 66 valence electrons. The Morgan fingerprint density at radius 1 is 1.46 bits per heavy atom. The second-order valence-electron chi connectivity index (χ2n) is 2.36. The van der Waals surface area contributed by atoms with Crippen molar-refractivity contribution in [2.45, 2.75) is 0 Å². The lowest BCUT2D eigenvalue weighted by Gasteiger charge is -1.94. The van der Waals surface area contributed by atoms with Crippen molar-refractivity contribution in [2.24, 2.45) is 0 Å². The molecule has 0 radical (unpaired) electrons. The van der Waals surface area contributed by atoms with Crippen LogP contribution in [0.5, 0.6) is 0 Å². The number of rotatable bonds is 1. The molecule has 0 saturated carbocycles. The Kier molecular flexibility index (Phi) is 1.38. The number of anilines is 1. The summed E-state index contributed by atoms with van der Waals surface area (Å²) < 4.78 is 1.08. The quantitative estimate of drug-likeness (QED) is 0.605. The van der Waals surface area contributed by atoms with Crippen molar-refractivity contribution in [3.05, 3.63) is 18.0 Å². The molecule has 7 nitrogen and oxygen atoms in total. The first-order valence-electron chi connectivity index (χ1n) is 3.40. The molecule has 0 aliphatic carbocycles. The lowest BCUT2D eigenvalue weighted by atomic mass is 10.5. The zero-order valence-corrected chi connectivity index (χ0v) is 6.38. The molecule has 3 N–H and O–H groups in total. The van der Waals surface area contributed by atoms with Crippen LogP contribution in [-0.2, 0) is 0 Å². The van der Waals surface area contributed by atoms with Gasteiger partial charge in [0.15, 0.2) is 5.65 Å². The Balaban J connectivity index is 2.79. The highest BCUT2D eigenvalue weighted by Crippen LogP contribution is 2.03. The van der Waals surface area contributed by atoms with Crippen molar-refractivity contribution in [1.29, 1.82) is 0 Å². The molecule has 2 rings (SSSR count). The number of carboxylic acids is 1. The van der Waals surface area contributed by atoms with Crippen LogP contribution in [0, 0.1) is 0 Å². The number of aromatic carboxylic acids is 1. The van der Waals surface area contributed by atoms with Crippen molar-refractivity contribution < 1.29 is 9.90 Å². The lowest BCUT2D eigenvalue weighted by Crippen LogP contribution is -2.07. The summed E-state index contributed by atoms with van der Waals surface area (Å²) in [6, 6.07) is 3.07. The first-order chi connectivity index (χ1) is 6.18. The Morgan fingerprint density at radius 2 is 2.23 bits per heavy atom. The number of carbonyl (C=O) groups is 1. The van der Waals surface area contributed by atoms with Crippen molar-refractivity contribution in [2.75, 3.05) is 5.73 Å². The smallest absolute Gasteiger partial charge is 0.375 e. The number of carboxylic acid groups (broad SMARTS) is 1. The summed E-state index contributed by atoms with van der Waals surface area (Å²) in [5.74, 6) is -1.22. The maximum Gasteiger partial charge on any atom is 0.375 e. The van der Waals surface area contributed by atoms with Gasteiger partial charge in [-0.1, -0.05) is 0 Å². The summed E-state index contributed by atoms with van der Waals surface area (Å²) in [5, 5.41) is 19.4. The maximum absolute atomic E-state index is 10.6. The summed E-state index contributed by atoms with van der Waals surface area (Å²) in [6.07, 6.45) is 0. The van der Waals surface area contributed by atoms with Gasteiger partial charge in [0.25, 0.3) is 5.82 Å². The zero-order chi connectivity index (χ0) is 9.42. The molecule has 0 fully saturated rings. The predicted octanol–water partition coefficient (Wildman–Crippen LogP) is -0.595. The van der Waals surface area contributed by atoms with E-state index in [0.29, 0.717) is 5.65 Å². The highest BCUT2D eigenvalue weighted by atomic mass is 16.4. The van der Waals surface area contributed by atoms with Crippen LogP contribution >= 0.6 is 0 Å². The topological polar surface area (TPSA) is 106 Å². The average Bonchev–Trinajstić information content (AvgIpc) is 2.46. The van der Waals surface area contributed by atoms with E-state index in [1.54, 1.807) is 6.07 Å². The predicted molar refractivity (Wildman–Crippen MR) is 42.2 cm³/mol. The fourth-order valence-electron chi connectivity index (χ4n) is 0.936. The largest absolute Gasteiger partial charge is 0.475 e. The Morgan fingerprint density at radius 3 is 2.92 bits per heavy atom. The van der Waals surface area contributed by atoms with Gasteiger partial charge >= 0.3 is 5.97 Å². The van der Waals surface area contributed by atoms with E-state index in [1.165, 1.54) is 6.07 Å². The third kappa shape index (κ3) is 1.06. The first-order valence-corrected chi connectivity index (χ1v) is 3.40. The van der Waals surface area contributed by atoms with Crippen molar-refractivity contribution in [1.82, 2.24) is 19.8 Å². The number of hydrogen-bond donors (Lipinski definition) is 2. The van der Waals surface area contributed by atoms with Crippen LogP contribution in [0.25, 0.3) is 5.65 Å². The van der Waals surface area contributed by atoms with Crippen LogP contribution in [-0.4, -0.2) is 30.9 Å². The van der Waals surface area contributed by atoms with Crippen LogP contribution in [0.2, 0.25) is 0 Å².